The van der Waals surface area contributed by atoms with Gasteiger partial charge in [0.05, 0.1) is 0 Å². The fourth-order valence-electron chi connectivity index (χ4n) is 1.97. The highest BCUT2D eigenvalue weighted by Gasteiger charge is 2.37. The van der Waals surface area contributed by atoms with Crippen LogP contribution in [0.25, 0.3) is 0 Å². The van der Waals surface area contributed by atoms with Crippen molar-refractivity contribution in [2.75, 3.05) is 13.1 Å². The Balaban J connectivity index is 1.92. The number of phenolic OH excluding ortho intramolecular Hbond substituents is 1. The molecule has 0 heterocycles. The van der Waals surface area contributed by atoms with Gasteiger partial charge in [-0.1, -0.05) is 19.1 Å². The quantitative estimate of drug-likeness (QED) is 0.764. The van der Waals surface area contributed by atoms with Crippen LogP contribution in [0.4, 0.5) is 0 Å². The molecule has 1 aromatic rings. The Morgan fingerprint density at radius 2 is 2.36 bits per heavy atom. The van der Waals surface area contributed by atoms with E-state index in [1.54, 1.807) is 6.07 Å². The van der Waals surface area contributed by atoms with E-state index in [0.717, 1.165) is 19.0 Å². The minimum absolute atomic E-state index is 0.386. The van der Waals surface area contributed by atoms with E-state index in [0.29, 0.717) is 11.7 Å². The number of aromatic hydroxyl groups is 1. The molecular formula is C12H17NO. The summed E-state index contributed by atoms with van der Waals surface area (Å²) in [5.74, 6) is 1.83. The first-order chi connectivity index (χ1) is 6.81. The largest absolute Gasteiger partial charge is 0.508 e. The summed E-state index contributed by atoms with van der Waals surface area (Å²) in [7, 11) is 0. The van der Waals surface area contributed by atoms with Crippen LogP contribution in [0.3, 0.4) is 0 Å². The maximum Gasteiger partial charge on any atom is 0.115 e. The number of hydrogen-bond donors (Lipinski definition) is 2. The molecule has 0 aliphatic heterocycles. The zero-order valence-electron chi connectivity index (χ0n) is 8.53. The predicted octanol–water partition coefficient (Wildman–Crippen LogP) is 2.11. The zero-order chi connectivity index (χ0) is 9.97. The number of hydrogen-bond acceptors (Lipinski definition) is 2. The van der Waals surface area contributed by atoms with Gasteiger partial charge >= 0.3 is 0 Å². The molecule has 1 aliphatic rings. The molecule has 2 atom stereocenters. The van der Waals surface area contributed by atoms with E-state index in [-0.39, 0.29) is 0 Å². The maximum atomic E-state index is 9.34. The van der Waals surface area contributed by atoms with Gasteiger partial charge in [-0.2, -0.15) is 0 Å². The van der Waals surface area contributed by atoms with Crippen molar-refractivity contribution in [3.8, 4) is 5.75 Å². The number of rotatable bonds is 4. The van der Waals surface area contributed by atoms with Crippen LogP contribution in [0.1, 0.15) is 24.8 Å². The van der Waals surface area contributed by atoms with Crippen molar-refractivity contribution >= 4 is 0 Å². The first-order valence-electron chi connectivity index (χ1n) is 5.31. The molecule has 0 saturated heterocycles. The molecule has 1 aliphatic carbocycles. The second-order valence-corrected chi connectivity index (χ2v) is 4.00. The smallest absolute Gasteiger partial charge is 0.115 e. The van der Waals surface area contributed by atoms with Gasteiger partial charge in [-0.25, -0.2) is 0 Å². The zero-order valence-corrected chi connectivity index (χ0v) is 8.53. The maximum absolute atomic E-state index is 9.34. The van der Waals surface area contributed by atoms with E-state index in [1.807, 2.05) is 12.1 Å². The summed E-state index contributed by atoms with van der Waals surface area (Å²) in [5.41, 5.74) is 1.29. The third-order valence-electron chi connectivity index (χ3n) is 2.88. The van der Waals surface area contributed by atoms with E-state index in [1.165, 1.54) is 12.0 Å². The Morgan fingerprint density at radius 1 is 1.50 bits per heavy atom. The van der Waals surface area contributed by atoms with Crippen molar-refractivity contribution < 1.29 is 5.11 Å². The minimum Gasteiger partial charge on any atom is -0.508 e. The molecule has 0 radical (unpaired) electrons. The standard InChI is InChI=1S/C12H17NO/c1-2-13-8-10-7-12(10)9-4-3-5-11(14)6-9/h3-6,10,12-14H,2,7-8H2,1H3. The molecule has 76 valence electrons. The van der Waals surface area contributed by atoms with E-state index in [9.17, 15) is 5.11 Å². The number of benzene rings is 1. The molecule has 2 N–H and O–H groups in total. The highest BCUT2D eigenvalue weighted by atomic mass is 16.3. The lowest BCUT2D eigenvalue weighted by molar-refractivity contribution is 0.474. The first-order valence-corrected chi connectivity index (χ1v) is 5.31. The molecule has 2 rings (SSSR count). The Hall–Kier alpha value is -1.02. The molecular weight excluding hydrogens is 174 g/mol. The molecule has 0 amide bonds. The van der Waals surface area contributed by atoms with Gasteiger partial charge in [-0.15, -0.1) is 0 Å². The second-order valence-electron chi connectivity index (χ2n) is 4.00. The van der Waals surface area contributed by atoms with Crippen LogP contribution >= 0.6 is 0 Å². The van der Waals surface area contributed by atoms with Crippen LogP contribution in [0.5, 0.6) is 5.75 Å². The van der Waals surface area contributed by atoms with Crippen molar-refractivity contribution in [2.45, 2.75) is 19.3 Å². The minimum atomic E-state index is 0.386. The van der Waals surface area contributed by atoms with E-state index in [2.05, 4.69) is 18.3 Å². The normalized spacial score (nSPS) is 24.9. The fraction of sp³-hybridized carbons (Fsp3) is 0.500. The Morgan fingerprint density at radius 3 is 3.07 bits per heavy atom. The average molecular weight is 191 g/mol. The van der Waals surface area contributed by atoms with Crippen LogP contribution < -0.4 is 5.32 Å². The molecule has 1 saturated carbocycles. The van der Waals surface area contributed by atoms with Crippen molar-refractivity contribution in [2.24, 2.45) is 5.92 Å². The molecule has 1 fully saturated rings. The monoisotopic (exact) mass is 191 g/mol. The lowest BCUT2D eigenvalue weighted by atomic mass is 10.1. The van der Waals surface area contributed by atoms with Crippen LogP contribution in [0.15, 0.2) is 24.3 Å². The molecule has 0 aromatic heterocycles. The summed E-state index contributed by atoms with van der Waals surface area (Å²) in [5, 5.41) is 12.7. The van der Waals surface area contributed by atoms with Crippen LogP contribution in [0, 0.1) is 5.92 Å². The summed E-state index contributed by atoms with van der Waals surface area (Å²) in [6, 6.07) is 7.64. The number of phenols is 1. The highest BCUT2D eigenvalue weighted by Crippen LogP contribution is 2.47. The molecule has 2 nitrogen and oxygen atoms in total. The molecule has 2 heteroatoms. The third-order valence-corrected chi connectivity index (χ3v) is 2.88. The predicted molar refractivity (Wildman–Crippen MR) is 57.5 cm³/mol. The molecule has 2 unspecified atom stereocenters. The van der Waals surface area contributed by atoms with Crippen molar-refractivity contribution in [3.05, 3.63) is 29.8 Å². The highest BCUT2D eigenvalue weighted by molar-refractivity contribution is 5.33. The summed E-state index contributed by atoms with van der Waals surface area (Å²) < 4.78 is 0. The van der Waals surface area contributed by atoms with Gasteiger partial charge in [0.1, 0.15) is 5.75 Å². The van der Waals surface area contributed by atoms with Gasteiger partial charge in [0.2, 0.25) is 0 Å². The molecule has 0 spiro atoms. The third kappa shape index (κ3) is 2.07. The Labute approximate surface area is 85.0 Å². The first kappa shape index (κ1) is 9.53. The average Bonchev–Trinajstić information content (AvgIpc) is 2.94. The lowest BCUT2D eigenvalue weighted by Crippen LogP contribution is -2.16. The molecule has 14 heavy (non-hydrogen) atoms. The second kappa shape index (κ2) is 4.01. The van der Waals surface area contributed by atoms with Crippen LogP contribution in [-0.4, -0.2) is 18.2 Å². The van der Waals surface area contributed by atoms with Gasteiger partial charge in [-0.05, 0) is 49.0 Å². The number of nitrogens with one attached hydrogen (secondary N) is 1. The van der Waals surface area contributed by atoms with Gasteiger partial charge in [-0.3, -0.25) is 0 Å². The summed E-state index contributed by atoms with van der Waals surface area (Å²) in [6.07, 6.45) is 1.26. The molecule has 0 bridgehead atoms. The van der Waals surface area contributed by atoms with Gasteiger partial charge in [0.15, 0.2) is 0 Å². The lowest BCUT2D eigenvalue weighted by Gasteiger charge is -2.01. The fourth-order valence-corrected chi connectivity index (χ4v) is 1.97. The van der Waals surface area contributed by atoms with Crippen molar-refractivity contribution in [1.82, 2.24) is 5.32 Å². The van der Waals surface area contributed by atoms with Crippen molar-refractivity contribution in [3.63, 3.8) is 0 Å². The van der Waals surface area contributed by atoms with Gasteiger partial charge < -0.3 is 10.4 Å². The van der Waals surface area contributed by atoms with E-state index >= 15 is 0 Å². The van der Waals surface area contributed by atoms with Crippen molar-refractivity contribution in [1.29, 1.82) is 0 Å². The summed E-state index contributed by atoms with van der Waals surface area (Å²) >= 11 is 0. The topological polar surface area (TPSA) is 32.3 Å². The van der Waals surface area contributed by atoms with Gasteiger partial charge in [0, 0.05) is 0 Å². The summed E-state index contributed by atoms with van der Waals surface area (Å²) in [6.45, 7) is 4.28. The summed E-state index contributed by atoms with van der Waals surface area (Å²) in [4.78, 5) is 0. The van der Waals surface area contributed by atoms with Gasteiger partial charge in [0.25, 0.3) is 0 Å². The van der Waals surface area contributed by atoms with E-state index < -0.39 is 0 Å². The van der Waals surface area contributed by atoms with Crippen LogP contribution in [-0.2, 0) is 0 Å². The Kier molecular flexibility index (Phi) is 2.73. The SMILES string of the molecule is CCNCC1CC1c1cccc(O)c1. The molecule has 1 aromatic carbocycles. The van der Waals surface area contributed by atoms with E-state index in [4.69, 9.17) is 0 Å². The Bertz CT molecular complexity index is 311. The van der Waals surface area contributed by atoms with Crippen LogP contribution in [0.2, 0.25) is 0 Å².